The van der Waals surface area contributed by atoms with Gasteiger partial charge in [-0.15, -0.1) is 0 Å². The van der Waals surface area contributed by atoms with Gasteiger partial charge in [0.2, 0.25) is 0 Å². The molecule has 0 aliphatic rings. The van der Waals surface area contributed by atoms with Crippen molar-refractivity contribution in [1.82, 2.24) is 0 Å². The Balaban J connectivity index is 1.86. The number of nitriles is 1. The second-order valence-corrected chi connectivity index (χ2v) is 5.87. The predicted molar refractivity (Wildman–Crippen MR) is 110 cm³/mol. The molecule has 0 aliphatic carbocycles. The maximum Gasteiger partial charge on any atom is 0.346 e. The molecule has 0 aromatic heterocycles. The van der Waals surface area contributed by atoms with Crippen LogP contribution < -0.4 is 5.01 Å². The van der Waals surface area contributed by atoms with Crippen LogP contribution in [0.2, 0.25) is 0 Å². The third-order valence-electron chi connectivity index (χ3n) is 3.92. The Morgan fingerprint density at radius 3 is 1.82 bits per heavy atom. The van der Waals surface area contributed by atoms with Crippen molar-refractivity contribution >= 4 is 29.6 Å². The first-order valence-corrected chi connectivity index (χ1v) is 8.57. The molecule has 0 saturated heterocycles. The molecule has 3 aromatic carbocycles. The molecule has 1 N–H and O–H groups in total. The minimum absolute atomic E-state index is 0.305. The van der Waals surface area contributed by atoms with Gasteiger partial charge in [0, 0.05) is 0 Å². The minimum atomic E-state index is -1.24. The summed E-state index contributed by atoms with van der Waals surface area (Å²) >= 11 is 0. The van der Waals surface area contributed by atoms with Gasteiger partial charge >= 0.3 is 5.97 Å². The molecule has 0 amide bonds. The fourth-order valence-corrected chi connectivity index (χ4v) is 2.53. The normalized spacial score (nSPS) is 11.2. The van der Waals surface area contributed by atoms with Crippen molar-refractivity contribution in [2.24, 2.45) is 5.10 Å². The lowest BCUT2D eigenvalue weighted by Gasteiger charge is -2.19. The monoisotopic (exact) mass is 367 g/mol. The lowest BCUT2D eigenvalue weighted by Crippen LogP contribution is -2.09. The predicted octanol–water partition coefficient (Wildman–Crippen LogP) is 4.85. The summed E-state index contributed by atoms with van der Waals surface area (Å²) in [6, 6.07) is 28.5. The number of hydrazone groups is 1. The second-order valence-electron chi connectivity index (χ2n) is 5.87. The number of carbonyl (C=O) groups is 1. The Labute approximate surface area is 163 Å². The van der Waals surface area contributed by atoms with Gasteiger partial charge in [0.1, 0.15) is 11.6 Å². The van der Waals surface area contributed by atoms with E-state index in [0.717, 1.165) is 16.9 Å². The Morgan fingerprint density at radius 2 is 1.36 bits per heavy atom. The van der Waals surface area contributed by atoms with E-state index in [1.54, 1.807) is 24.4 Å². The number of carboxylic acids is 1. The standard InChI is InChI=1S/C23H17N3O2/c24-16-20(23(27)28)15-18-11-13-19(14-12-18)17-25-26(21-7-3-1-4-8-21)22-9-5-2-6-10-22/h1-15,17H,(H,27,28)/b20-15-,25-17+. The van der Waals surface area contributed by atoms with Crippen LogP contribution in [0.4, 0.5) is 11.4 Å². The highest BCUT2D eigenvalue weighted by molar-refractivity contribution is 5.96. The molecule has 0 spiro atoms. The van der Waals surface area contributed by atoms with Crippen LogP contribution in [0, 0.1) is 11.3 Å². The average Bonchev–Trinajstić information content (AvgIpc) is 2.74. The maximum absolute atomic E-state index is 10.9. The summed E-state index contributed by atoms with van der Waals surface area (Å²) in [5.41, 5.74) is 3.05. The third kappa shape index (κ3) is 4.71. The first-order chi connectivity index (χ1) is 13.7. The Bertz CT molecular complexity index is 995. The van der Waals surface area contributed by atoms with Gasteiger partial charge in [-0.1, -0.05) is 60.7 Å². The molecule has 3 aromatic rings. The Morgan fingerprint density at radius 1 is 0.857 bits per heavy atom. The molecule has 0 saturated carbocycles. The maximum atomic E-state index is 10.9. The lowest BCUT2D eigenvalue weighted by molar-refractivity contribution is -0.132. The van der Waals surface area contributed by atoms with Crippen molar-refractivity contribution in [2.45, 2.75) is 0 Å². The molecule has 0 bridgehead atoms. The highest BCUT2D eigenvalue weighted by Crippen LogP contribution is 2.25. The number of aliphatic carboxylic acids is 1. The summed E-state index contributed by atoms with van der Waals surface area (Å²) in [6.07, 6.45) is 3.07. The molecule has 0 radical (unpaired) electrons. The van der Waals surface area contributed by atoms with Gasteiger partial charge in [0.15, 0.2) is 0 Å². The first kappa shape index (κ1) is 18.6. The molecule has 0 fully saturated rings. The van der Waals surface area contributed by atoms with Crippen LogP contribution in [-0.2, 0) is 4.79 Å². The molecule has 0 heterocycles. The fraction of sp³-hybridized carbons (Fsp3) is 0. The zero-order valence-corrected chi connectivity index (χ0v) is 14.9. The molecule has 28 heavy (non-hydrogen) atoms. The molecule has 3 rings (SSSR count). The first-order valence-electron chi connectivity index (χ1n) is 8.57. The van der Waals surface area contributed by atoms with Crippen LogP contribution in [0.25, 0.3) is 6.08 Å². The summed E-state index contributed by atoms with van der Waals surface area (Å²) in [7, 11) is 0. The molecule has 5 heteroatoms. The second kappa shape index (κ2) is 8.97. The number of hydrogen-bond donors (Lipinski definition) is 1. The quantitative estimate of drug-likeness (QED) is 0.292. The van der Waals surface area contributed by atoms with E-state index in [1.807, 2.05) is 77.8 Å². The smallest absolute Gasteiger partial charge is 0.346 e. The van der Waals surface area contributed by atoms with Gasteiger partial charge in [-0.2, -0.15) is 10.4 Å². The van der Waals surface area contributed by atoms with Crippen molar-refractivity contribution in [3.63, 3.8) is 0 Å². The Kier molecular flexibility index (Phi) is 5.96. The highest BCUT2D eigenvalue weighted by atomic mass is 16.4. The van der Waals surface area contributed by atoms with Gasteiger partial charge < -0.3 is 5.11 Å². The highest BCUT2D eigenvalue weighted by Gasteiger charge is 2.07. The molecular formula is C23H17N3O2. The average molecular weight is 367 g/mol. The number of hydrogen-bond acceptors (Lipinski definition) is 4. The molecule has 0 unspecified atom stereocenters. The summed E-state index contributed by atoms with van der Waals surface area (Å²) in [4.78, 5) is 10.9. The summed E-state index contributed by atoms with van der Waals surface area (Å²) < 4.78 is 0. The van der Waals surface area contributed by atoms with E-state index in [4.69, 9.17) is 10.4 Å². The van der Waals surface area contributed by atoms with Crippen molar-refractivity contribution in [2.75, 3.05) is 5.01 Å². The lowest BCUT2D eigenvalue weighted by atomic mass is 10.1. The zero-order valence-electron chi connectivity index (χ0n) is 14.9. The van der Waals surface area contributed by atoms with Crippen LogP contribution in [0.15, 0.2) is 95.6 Å². The SMILES string of the molecule is N#C/C(=C/c1ccc(/C=N/N(c2ccccc2)c2ccccc2)cc1)C(=O)O. The number of nitrogens with zero attached hydrogens (tertiary/aromatic N) is 3. The Hall–Kier alpha value is -4.17. The van der Waals surface area contributed by atoms with E-state index in [1.165, 1.54) is 6.08 Å². The van der Waals surface area contributed by atoms with E-state index in [9.17, 15) is 4.79 Å². The molecule has 0 aliphatic heterocycles. The molecule has 0 atom stereocenters. The summed E-state index contributed by atoms with van der Waals surface area (Å²) in [5.74, 6) is -1.24. The number of benzene rings is 3. The van der Waals surface area contributed by atoms with Crippen LogP contribution in [0.3, 0.4) is 0 Å². The van der Waals surface area contributed by atoms with E-state index < -0.39 is 5.97 Å². The van der Waals surface area contributed by atoms with E-state index in [-0.39, 0.29) is 5.57 Å². The number of carboxylic acid groups (broad SMARTS) is 1. The van der Waals surface area contributed by atoms with Crippen molar-refractivity contribution in [3.05, 3.63) is 102 Å². The summed E-state index contributed by atoms with van der Waals surface area (Å²) in [5, 5.41) is 24.2. The molecule has 5 nitrogen and oxygen atoms in total. The van der Waals surface area contributed by atoms with E-state index in [2.05, 4.69) is 5.10 Å². The number of para-hydroxylation sites is 2. The molecule has 136 valence electrons. The minimum Gasteiger partial charge on any atom is -0.477 e. The van der Waals surface area contributed by atoms with Crippen molar-refractivity contribution in [3.8, 4) is 6.07 Å². The van der Waals surface area contributed by atoms with Gasteiger partial charge in [-0.3, -0.25) is 0 Å². The third-order valence-corrected chi connectivity index (χ3v) is 3.92. The number of rotatable bonds is 6. The largest absolute Gasteiger partial charge is 0.477 e. The van der Waals surface area contributed by atoms with Gasteiger partial charge in [-0.25, -0.2) is 9.80 Å². The van der Waals surface area contributed by atoms with Crippen molar-refractivity contribution < 1.29 is 9.90 Å². The van der Waals surface area contributed by atoms with Crippen LogP contribution >= 0.6 is 0 Å². The van der Waals surface area contributed by atoms with Crippen LogP contribution in [0.1, 0.15) is 11.1 Å². The van der Waals surface area contributed by atoms with Crippen LogP contribution in [-0.4, -0.2) is 17.3 Å². The van der Waals surface area contributed by atoms with Gasteiger partial charge in [0.25, 0.3) is 0 Å². The van der Waals surface area contributed by atoms with E-state index in [0.29, 0.717) is 5.56 Å². The van der Waals surface area contributed by atoms with Gasteiger partial charge in [-0.05, 0) is 41.5 Å². The molecular weight excluding hydrogens is 350 g/mol. The van der Waals surface area contributed by atoms with Crippen LogP contribution in [0.5, 0.6) is 0 Å². The van der Waals surface area contributed by atoms with E-state index >= 15 is 0 Å². The van der Waals surface area contributed by atoms with Gasteiger partial charge in [0.05, 0.1) is 17.6 Å². The van der Waals surface area contributed by atoms with Crippen molar-refractivity contribution in [1.29, 1.82) is 5.26 Å². The zero-order chi connectivity index (χ0) is 19.8. The number of anilines is 2. The topological polar surface area (TPSA) is 76.7 Å². The fourth-order valence-electron chi connectivity index (χ4n) is 2.53. The summed E-state index contributed by atoms with van der Waals surface area (Å²) in [6.45, 7) is 0.